The number of ether oxygens (including phenoxy) is 1. The fraction of sp³-hybridized carbons (Fsp3) is 0.556. The van der Waals surface area contributed by atoms with Crippen molar-refractivity contribution in [1.82, 2.24) is 19.7 Å². The highest BCUT2D eigenvalue weighted by Crippen LogP contribution is 2.20. The number of aromatic nitrogens is 4. The minimum Gasteiger partial charge on any atom is -0.462 e. The molecule has 1 saturated heterocycles. The van der Waals surface area contributed by atoms with E-state index in [1.165, 1.54) is 0 Å². The molecule has 26 heavy (non-hydrogen) atoms. The summed E-state index contributed by atoms with van der Waals surface area (Å²) in [5.41, 5.74) is 2.27. The lowest BCUT2D eigenvalue weighted by Gasteiger charge is -2.33. The number of hydrogen-bond acceptors (Lipinski definition) is 6. The summed E-state index contributed by atoms with van der Waals surface area (Å²) in [4.78, 5) is 25.2. The predicted molar refractivity (Wildman–Crippen MR) is 98.0 cm³/mol. The number of carbonyl (C=O) groups is 1. The maximum Gasteiger partial charge on any atom is 0.343 e. The molecule has 3 rings (SSSR count). The van der Waals surface area contributed by atoms with E-state index in [1.807, 2.05) is 19.9 Å². The van der Waals surface area contributed by atoms with Crippen molar-refractivity contribution in [2.75, 3.05) is 44.2 Å². The Balaban J connectivity index is 1.98. The molecule has 1 aliphatic rings. The van der Waals surface area contributed by atoms with Crippen LogP contribution in [0.25, 0.3) is 5.95 Å². The first-order valence-electron chi connectivity index (χ1n) is 9.19. The van der Waals surface area contributed by atoms with Crippen LogP contribution in [-0.2, 0) is 4.74 Å². The van der Waals surface area contributed by atoms with Gasteiger partial charge < -0.3 is 14.5 Å². The first kappa shape index (κ1) is 18.3. The molecule has 0 saturated carbocycles. The molecule has 0 aromatic carbocycles. The van der Waals surface area contributed by atoms with Crippen molar-refractivity contribution in [2.24, 2.45) is 0 Å². The van der Waals surface area contributed by atoms with Crippen molar-refractivity contribution in [3.8, 4) is 5.95 Å². The van der Waals surface area contributed by atoms with Crippen LogP contribution in [-0.4, -0.2) is 65.0 Å². The third kappa shape index (κ3) is 3.70. The fourth-order valence-electron chi connectivity index (χ4n) is 3.28. The Morgan fingerprint density at radius 1 is 1.27 bits per heavy atom. The Bertz CT molecular complexity index is 780. The van der Waals surface area contributed by atoms with Gasteiger partial charge in [-0.25, -0.2) is 14.5 Å². The summed E-state index contributed by atoms with van der Waals surface area (Å²) in [6, 6.07) is 1.98. The lowest BCUT2D eigenvalue weighted by atomic mass is 10.2. The number of carbonyl (C=O) groups excluding carboxylic acids is 1. The van der Waals surface area contributed by atoms with Gasteiger partial charge in [0.25, 0.3) is 5.95 Å². The third-order valence-corrected chi connectivity index (χ3v) is 4.72. The smallest absolute Gasteiger partial charge is 0.343 e. The second kappa shape index (κ2) is 7.82. The summed E-state index contributed by atoms with van der Waals surface area (Å²) >= 11 is 0. The molecule has 1 N–H and O–H groups in total. The minimum absolute atomic E-state index is 0.325. The van der Waals surface area contributed by atoms with E-state index in [0.717, 1.165) is 44.1 Å². The Morgan fingerprint density at radius 2 is 2.00 bits per heavy atom. The maximum absolute atomic E-state index is 12.4. The van der Waals surface area contributed by atoms with Gasteiger partial charge in [0.05, 0.1) is 45.0 Å². The molecule has 0 aliphatic carbocycles. The van der Waals surface area contributed by atoms with E-state index in [2.05, 4.69) is 21.9 Å². The number of piperazine rings is 1. The Labute approximate surface area is 153 Å². The van der Waals surface area contributed by atoms with Gasteiger partial charge in [-0.1, -0.05) is 0 Å². The fourth-order valence-corrected chi connectivity index (χ4v) is 3.28. The van der Waals surface area contributed by atoms with Gasteiger partial charge in [0.1, 0.15) is 11.4 Å². The highest BCUT2D eigenvalue weighted by Gasteiger charge is 2.26. The summed E-state index contributed by atoms with van der Waals surface area (Å²) in [6.07, 6.45) is 1.56. The van der Waals surface area contributed by atoms with E-state index in [4.69, 9.17) is 9.72 Å². The van der Waals surface area contributed by atoms with Crippen molar-refractivity contribution in [1.29, 1.82) is 0 Å². The Morgan fingerprint density at radius 3 is 2.58 bits per heavy atom. The van der Waals surface area contributed by atoms with Gasteiger partial charge in [-0.15, -0.1) is 0 Å². The maximum atomic E-state index is 12.4. The first-order chi connectivity index (χ1) is 12.5. The van der Waals surface area contributed by atoms with Crippen molar-refractivity contribution in [3.63, 3.8) is 0 Å². The number of nitrogens with zero attached hydrogens (tertiary/aromatic N) is 5. The topological polar surface area (TPSA) is 77.6 Å². The monoisotopic (exact) mass is 359 g/mol. The zero-order valence-electron chi connectivity index (χ0n) is 15.9. The standard InChI is InChI=1S/C18H26N6O2/c1-5-22-7-9-23(10-8-22)16-15(17(25)26-6-2)12-19-18(20-16)24-14(4)11-13(3)21-24/h11-12H,5-10H2,1-4H3/p+1. The van der Waals surface area contributed by atoms with E-state index >= 15 is 0 Å². The molecule has 0 radical (unpaired) electrons. The first-order valence-corrected chi connectivity index (χ1v) is 9.19. The van der Waals surface area contributed by atoms with Crippen molar-refractivity contribution in [3.05, 3.63) is 29.2 Å². The summed E-state index contributed by atoms with van der Waals surface area (Å²) in [7, 11) is 0. The summed E-state index contributed by atoms with van der Waals surface area (Å²) < 4.78 is 6.91. The van der Waals surface area contributed by atoms with Gasteiger partial charge in [0.15, 0.2) is 0 Å². The van der Waals surface area contributed by atoms with Crippen LogP contribution in [0.3, 0.4) is 0 Å². The minimum atomic E-state index is -0.382. The molecule has 0 amide bonds. The number of rotatable bonds is 5. The number of anilines is 1. The summed E-state index contributed by atoms with van der Waals surface area (Å²) in [6.45, 7) is 13.1. The van der Waals surface area contributed by atoms with Gasteiger partial charge >= 0.3 is 5.97 Å². The number of hydrogen-bond donors (Lipinski definition) is 1. The van der Waals surface area contributed by atoms with Crippen LogP contribution in [0.15, 0.2) is 12.3 Å². The van der Waals surface area contributed by atoms with Crippen LogP contribution in [0.5, 0.6) is 0 Å². The van der Waals surface area contributed by atoms with Crippen molar-refractivity contribution in [2.45, 2.75) is 27.7 Å². The molecular weight excluding hydrogens is 332 g/mol. The number of quaternary nitrogens is 1. The SMILES string of the molecule is CCOC(=O)c1cnc(-n2nc(C)cc2C)nc1N1CC[NH+](CC)CC1. The molecule has 0 bridgehead atoms. The molecule has 8 heteroatoms. The number of aryl methyl sites for hydroxylation is 2. The molecule has 1 aliphatic heterocycles. The molecule has 8 nitrogen and oxygen atoms in total. The van der Waals surface area contributed by atoms with Crippen molar-refractivity contribution < 1.29 is 14.4 Å². The largest absolute Gasteiger partial charge is 0.462 e. The quantitative estimate of drug-likeness (QED) is 0.768. The van der Waals surface area contributed by atoms with E-state index in [1.54, 1.807) is 22.7 Å². The molecule has 3 heterocycles. The zero-order valence-corrected chi connectivity index (χ0v) is 15.9. The highest BCUT2D eigenvalue weighted by molar-refractivity contribution is 5.94. The molecule has 1 fully saturated rings. The third-order valence-electron chi connectivity index (χ3n) is 4.72. The normalized spacial score (nSPS) is 15.3. The van der Waals surface area contributed by atoms with E-state index < -0.39 is 0 Å². The van der Waals surface area contributed by atoms with Gasteiger partial charge in [-0.3, -0.25) is 0 Å². The number of nitrogens with one attached hydrogen (secondary N) is 1. The molecule has 0 unspecified atom stereocenters. The van der Waals surface area contributed by atoms with Gasteiger partial charge in [0, 0.05) is 11.9 Å². The molecule has 140 valence electrons. The second-order valence-electron chi connectivity index (χ2n) is 6.56. The van der Waals surface area contributed by atoms with E-state index in [-0.39, 0.29) is 5.97 Å². The molecule has 2 aromatic rings. The second-order valence-corrected chi connectivity index (χ2v) is 6.56. The van der Waals surface area contributed by atoms with E-state index in [0.29, 0.717) is 23.9 Å². The van der Waals surface area contributed by atoms with Crippen molar-refractivity contribution >= 4 is 11.8 Å². The van der Waals surface area contributed by atoms with Crippen LogP contribution in [0, 0.1) is 13.8 Å². The molecule has 0 atom stereocenters. The number of likely N-dealkylation sites (N-methyl/N-ethyl adjacent to an activating group) is 1. The Hall–Kier alpha value is -2.48. The summed E-state index contributed by atoms with van der Waals surface area (Å²) in [5.74, 6) is 0.729. The van der Waals surface area contributed by atoms with Crippen LogP contribution in [0.1, 0.15) is 35.6 Å². The average Bonchev–Trinajstić information content (AvgIpc) is 2.99. The lowest BCUT2D eigenvalue weighted by Crippen LogP contribution is -3.14. The molecular formula is C18H27N6O2+. The lowest BCUT2D eigenvalue weighted by molar-refractivity contribution is -0.898. The van der Waals surface area contributed by atoms with Crippen LogP contribution in [0.4, 0.5) is 5.82 Å². The zero-order chi connectivity index (χ0) is 18.7. The van der Waals surface area contributed by atoms with Gasteiger partial charge in [0.2, 0.25) is 0 Å². The predicted octanol–water partition coefficient (Wildman–Crippen LogP) is 0.181. The van der Waals surface area contributed by atoms with Crippen LogP contribution < -0.4 is 9.80 Å². The molecule has 0 spiro atoms. The van der Waals surface area contributed by atoms with Crippen LogP contribution in [0.2, 0.25) is 0 Å². The highest BCUT2D eigenvalue weighted by atomic mass is 16.5. The summed E-state index contributed by atoms with van der Waals surface area (Å²) in [5, 5.41) is 4.46. The Kier molecular flexibility index (Phi) is 5.51. The van der Waals surface area contributed by atoms with Gasteiger partial charge in [-0.2, -0.15) is 10.1 Å². The van der Waals surface area contributed by atoms with Crippen LogP contribution >= 0.6 is 0 Å². The number of esters is 1. The van der Waals surface area contributed by atoms with Gasteiger partial charge in [-0.05, 0) is 33.8 Å². The average molecular weight is 359 g/mol. The molecule has 2 aromatic heterocycles. The van der Waals surface area contributed by atoms with E-state index in [9.17, 15) is 4.79 Å².